The van der Waals surface area contributed by atoms with Gasteiger partial charge in [-0.3, -0.25) is 0 Å². The lowest BCUT2D eigenvalue weighted by Crippen LogP contribution is -1.80. The van der Waals surface area contributed by atoms with Crippen LogP contribution < -0.4 is 0 Å². The number of oxime groups is 1. The van der Waals surface area contributed by atoms with Crippen molar-refractivity contribution in [2.24, 2.45) is 5.16 Å². The molecule has 11 heavy (non-hydrogen) atoms. The summed E-state index contributed by atoms with van der Waals surface area (Å²) in [5.41, 5.74) is 0.850. The summed E-state index contributed by atoms with van der Waals surface area (Å²) in [7, 11) is 0. The molecule has 0 aliphatic heterocycles. The Hall–Kier alpha value is -0.350. The monoisotopic (exact) mass is 277 g/mol. The topological polar surface area (TPSA) is 32.6 Å². The van der Waals surface area contributed by atoms with Crippen LogP contribution in [0.2, 0.25) is 0 Å². The molecule has 1 aromatic carbocycles. The van der Waals surface area contributed by atoms with Crippen molar-refractivity contribution in [1.29, 1.82) is 0 Å². The van der Waals surface area contributed by atoms with Gasteiger partial charge in [0.2, 0.25) is 0 Å². The van der Waals surface area contributed by atoms with Crippen LogP contribution in [-0.4, -0.2) is 11.4 Å². The molecule has 0 aromatic heterocycles. The van der Waals surface area contributed by atoms with Gasteiger partial charge in [0, 0.05) is 8.95 Å². The minimum Gasteiger partial charge on any atom is -0.411 e. The fourth-order valence-corrected chi connectivity index (χ4v) is 1.30. The maximum Gasteiger partial charge on any atom is 0.0734 e. The summed E-state index contributed by atoms with van der Waals surface area (Å²) in [6.07, 6.45) is 1.37. The first kappa shape index (κ1) is 8.74. The van der Waals surface area contributed by atoms with Gasteiger partial charge in [0.05, 0.1) is 6.21 Å². The number of hydrogen-bond donors (Lipinski definition) is 1. The molecule has 0 aliphatic carbocycles. The minimum atomic E-state index is 0.850. The van der Waals surface area contributed by atoms with Crippen LogP contribution in [0.3, 0.4) is 0 Å². The highest BCUT2D eigenvalue weighted by atomic mass is 79.9. The first-order valence-corrected chi connectivity index (χ1v) is 4.45. The summed E-state index contributed by atoms with van der Waals surface area (Å²) in [4.78, 5) is 0. The number of rotatable bonds is 1. The normalized spacial score (nSPS) is 10.7. The molecule has 0 bridgehead atoms. The predicted molar refractivity (Wildman–Crippen MR) is 51.2 cm³/mol. The van der Waals surface area contributed by atoms with Gasteiger partial charge in [-0.05, 0) is 49.6 Å². The molecule has 2 nitrogen and oxygen atoms in total. The second-order valence-corrected chi connectivity index (χ2v) is 3.63. The van der Waals surface area contributed by atoms with Gasteiger partial charge < -0.3 is 5.21 Å². The summed E-state index contributed by atoms with van der Waals surface area (Å²) >= 11 is 6.65. The molecule has 0 saturated carbocycles. The van der Waals surface area contributed by atoms with Crippen molar-refractivity contribution in [3.63, 3.8) is 0 Å². The smallest absolute Gasteiger partial charge is 0.0734 e. The second-order valence-electron chi connectivity index (χ2n) is 1.92. The highest BCUT2D eigenvalue weighted by Crippen LogP contribution is 2.22. The Labute approximate surface area is 81.2 Å². The van der Waals surface area contributed by atoms with Gasteiger partial charge >= 0.3 is 0 Å². The molecule has 58 valence electrons. The molecule has 4 heteroatoms. The van der Waals surface area contributed by atoms with E-state index >= 15 is 0 Å². The lowest BCUT2D eigenvalue weighted by Gasteiger charge is -1.95. The second kappa shape index (κ2) is 3.88. The van der Waals surface area contributed by atoms with E-state index in [2.05, 4.69) is 37.0 Å². The summed E-state index contributed by atoms with van der Waals surface area (Å²) in [6.45, 7) is 0. The van der Waals surface area contributed by atoms with Crippen LogP contribution in [0.1, 0.15) is 5.56 Å². The Bertz CT molecular complexity index is 286. The molecule has 1 aromatic rings. The lowest BCUT2D eigenvalue weighted by atomic mass is 10.2. The molecule has 1 N–H and O–H groups in total. The molecule has 0 unspecified atom stereocenters. The first-order valence-electron chi connectivity index (χ1n) is 2.86. The zero-order valence-electron chi connectivity index (χ0n) is 5.46. The van der Waals surface area contributed by atoms with Gasteiger partial charge in [-0.1, -0.05) is 11.2 Å². The molecule has 0 aliphatic rings. The summed E-state index contributed by atoms with van der Waals surface area (Å²) in [5.74, 6) is 0. The van der Waals surface area contributed by atoms with E-state index in [4.69, 9.17) is 5.21 Å². The van der Waals surface area contributed by atoms with Crippen molar-refractivity contribution in [1.82, 2.24) is 0 Å². The number of halogens is 2. The zero-order chi connectivity index (χ0) is 8.27. The molecule has 0 saturated heterocycles. The highest BCUT2D eigenvalue weighted by Gasteiger charge is 1.95. The SMILES string of the molecule is ON=Cc1ccc(Br)c(Br)c1. The molecule has 0 radical (unpaired) electrons. The molecule has 0 spiro atoms. The number of nitrogens with zero attached hydrogens (tertiary/aromatic N) is 1. The molecule has 0 fully saturated rings. The van der Waals surface area contributed by atoms with Crippen LogP contribution in [0, 0.1) is 0 Å². The Morgan fingerprint density at radius 1 is 1.27 bits per heavy atom. The van der Waals surface area contributed by atoms with Crippen molar-refractivity contribution in [2.75, 3.05) is 0 Å². The zero-order valence-corrected chi connectivity index (χ0v) is 8.63. The van der Waals surface area contributed by atoms with Gasteiger partial charge in [-0.2, -0.15) is 0 Å². The van der Waals surface area contributed by atoms with Crippen molar-refractivity contribution in [2.45, 2.75) is 0 Å². The average molecular weight is 279 g/mol. The third-order valence-electron chi connectivity index (χ3n) is 1.15. The van der Waals surface area contributed by atoms with Gasteiger partial charge in [0.15, 0.2) is 0 Å². The van der Waals surface area contributed by atoms with Crippen molar-refractivity contribution >= 4 is 38.1 Å². The van der Waals surface area contributed by atoms with Crippen LogP contribution in [0.4, 0.5) is 0 Å². The number of benzene rings is 1. The maximum atomic E-state index is 8.22. The molecular weight excluding hydrogens is 274 g/mol. The van der Waals surface area contributed by atoms with Crippen LogP contribution >= 0.6 is 31.9 Å². The van der Waals surface area contributed by atoms with E-state index in [1.165, 1.54) is 6.21 Å². The molecule has 0 atom stereocenters. The van der Waals surface area contributed by atoms with E-state index in [-0.39, 0.29) is 0 Å². The molecular formula is C7H5Br2NO. The fraction of sp³-hybridized carbons (Fsp3) is 0. The van der Waals surface area contributed by atoms with Gasteiger partial charge in [0.1, 0.15) is 0 Å². The molecule has 0 heterocycles. The Morgan fingerprint density at radius 2 is 2.00 bits per heavy atom. The van der Waals surface area contributed by atoms with Crippen molar-refractivity contribution in [3.05, 3.63) is 32.7 Å². The predicted octanol–water partition coefficient (Wildman–Crippen LogP) is 3.02. The van der Waals surface area contributed by atoms with Crippen LogP contribution in [0.15, 0.2) is 32.3 Å². The third-order valence-corrected chi connectivity index (χ3v) is 3.03. The van der Waals surface area contributed by atoms with Crippen LogP contribution in [0.5, 0.6) is 0 Å². The first-order chi connectivity index (χ1) is 5.24. The minimum absolute atomic E-state index is 0.850. The highest BCUT2D eigenvalue weighted by molar-refractivity contribution is 9.13. The standard InChI is InChI=1S/C7H5Br2NO/c8-6-2-1-5(4-10-11)3-7(6)9/h1-4,11H. The summed E-state index contributed by atoms with van der Waals surface area (Å²) in [5, 5.41) is 11.1. The van der Waals surface area contributed by atoms with E-state index in [1.54, 1.807) is 0 Å². The third kappa shape index (κ3) is 2.31. The van der Waals surface area contributed by atoms with E-state index in [0.717, 1.165) is 14.5 Å². The van der Waals surface area contributed by atoms with E-state index in [9.17, 15) is 0 Å². The fourth-order valence-electron chi connectivity index (χ4n) is 0.659. The summed E-state index contributed by atoms with van der Waals surface area (Å²) < 4.78 is 1.92. The van der Waals surface area contributed by atoms with Crippen LogP contribution in [0.25, 0.3) is 0 Å². The quantitative estimate of drug-likeness (QED) is 0.478. The molecule has 0 amide bonds. The van der Waals surface area contributed by atoms with E-state index in [1.807, 2.05) is 18.2 Å². The van der Waals surface area contributed by atoms with Crippen molar-refractivity contribution < 1.29 is 5.21 Å². The van der Waals surface area contributed by atoms with E-state index in [0.29, 0.717) is 0 Å². The Kier molecular flexibility index (Phi) is 3.08. The maximum absolute atomic E-state index is 8.22. The summed E-state index contributed by atoms with van der Waals surface area (Å²) in [6, 6.07) is 5.57. The Morgan fingerprint density at radius 3 is 2.55 bits per heavy atom. The van der Waals surface area contributed by atoms with E-state index < -0.39 is 0 Å². The number of hydrogen-bond acceptors (Lipinski definition) is 2. The Balaban J connectivity index is 3.05. The molecule has 1 rings (SSSR count). The van der Waals surface area contributed by atoms with Crippen LogP contribution in [-0.2, 0) is 0 Å². The average Bonchev–Trinajstić information content (AvgIpc) is 1.98. The van der Waals surface area contributed by atoms with Gasteiger partial charge in [-0.15, -0.1) is 0 Å². The largest absolute Gasteiger partial charge is 0.411 e. The van der Waals surface area contributed by atoms with Crippen molar-refractivity contribution in [3.8, 4) is 0 Å². The van der Waals surface area contributed by atoms with Gasteiger partial charge in [-0.25, -0.2) is 0 Å². The lowest BCUT2D eigenvalue weighted by molar-refractivity contribution is 0.322. The van der Waals surface area contributed by atoms with Gasteiger partial charge in [0.25, 0.3) is 0 Å².